The summed E-state index contributed by atoms with van der Waals surface area (Å²) >= 11 is 0. The molecular weight excluding hydrogens is 301 g/mol. The Morgan fingerprint density at radius 2 is 2.05 bits per heavy atom. The summed E-state index contributed by atoms with van der Waals surface area (Å²) in [6.45, 7) is 0.322. The van der Waals surface area contributed by atoms with Gasteiger partial charge in [-0.2, -0.15) is 0 Å². The van der Waals surface area contributed by atoms with Gasteiger partial charge in [-0.1, -0.05) is 12.8 Å². The molecule has 0 bridgehead atoms. The van der Waals surface area contributed by atoms with Crippen LogP contribution in [0, 0.1) is 5.41 Å². The van der Waals surface area contributed by atoms with Gasteiger partial charge in [0.05, 0.1) is 31.8 Å². The fraction of sp³-hybridized carbons (Fsp3) is 0.857. The Labute approximate surface area is 167 Å². The van der Waals surface area contributed by atoms with Gasteiger partial charge in [0.15, 0.2) is 0 Å². The molecule has 1 heterocycles. The van der Waals surface area contributed by atoms with Crippen molar-refractivity contribution in [2.24, 2.45) is 5.41 Å². The zero-order chi connectivity index (χ0) is 14.6. The number of carboxylic acid groups (broad SMARTS) is 1. The van der Waals surface area contributed by atoms with E-state index in [4.69, 9.17) is 9.84 Å². The van der Waals surface area contributed by atoms with E-state index in [2.05, 4.69) is 5.32 Å². The molecule has 1 aliphatic heterocycles. The zero-order valence-corrected chi connectivity index (χ0v) is 15.7. The predicted octanol–water partition coefficient (Wildman–Crippen LogP) is -3.65. The first kappa shape index (κ1) is 19.5. The summed E-state index contributed by atoms with van der Waals surface area (Å²) in [5, 5.41) is 22.0. The molecule has 2 rings (SSSR count). The van der Waals surface area contributed by atoms with E-state index in [-0.39, 0.29) is 81.7 Å². The van der Waals surface area contributed by atoms with E-state index < -0.39 is 18.6 Å². The smallest absolute Gasteiger partial charge is 0.550 e. The van der Waals surface area contributed by atoms with Gasteiger partial charge in [0.1, 0.15) is 0 Å². The van der Waals surface area contributed by atoms with Crippen molar-refractivity contribution in [1.29, 1.82) is 0 Å². The topological polar surface area (TPSA) is 98.7 Å². The molecule has 0 radical (unpaired) electrons. The summed E-state index contributed by atoms with van der Waals surface area (Å²) in [5.41, 5.74) is 0.270. The third kappa shape index (κ3) is 5.89. The molecule has 0 aromatic heterocycles. The molecule has 1 saturated heterocycles. The second kappa shape index (κ2) is 8.95. The number of amides is 1. The number of nitrogens with one attached hydrogen (secondary N) is 1. The van der Waals surface area contributed by atoms with Crippen LogP contribution in [0.5, 0.6) is 0 Å². The first-order valence-corrected chi connectivity index (χ1v) is 7.25. The minimum Gasteiger partial charge on any atom is -0.550 e. The van der Waals surface area contributed by atoms with Crippen molar-refractivity contribution in [2.75, 3.05) is 13.2 Å². The molecule has 2 N–H and O–H groups in total. The number of ether oxygens (including phenoxy) is 1. The molecule has 1 spiro atoms. The van der Waals surface area contributed by atoms with Gasteiger partial charge in [-0.25, -0.2) is 0 Å². The molecule has 2 fully saturated rings. The van der Waals surface area contributed by atoms with Crippen LogP contribution in [0.4, 0.5) is 0 Å². The fourth-order valence-electron chi connectivity index (χ4n) is 3.36. The Morgan fingerprint density at radius 1 is 1.38 bits per heavy atom. The molecule has 6 nitrogen and oxygen atoms in total. The second-order valence-corrected chi connectivity index (χ2v) is 6.07. The van der Waals surface area contributed by atoms with E-state index in [1.165, 1.54) is 25.7 Å². The maximum Gasteiger partial charge on any atom is 1.00 e. The van der Waals surface area contributed by atoms with Crippen LogP contribution in [0.3, 0.4) is 0 Å². The second-order valence-electron chi connectivity index (χ2n) is 6.07. The number of aliphatic carboxylic acids is 1. The van der Waals surface area contributed by atoms with Crippen molar-refractivity contribution in [3.05, 3.63) is 0 Å². The van der Waals surface area contributed by atoms with Gasteiger partial charge in [-0.05, 0) is 24.7 Å². The van der Waals surface area contributed by atoms with Crippen LogP contribution in [-0.4, -0.2) is 42.3 Å². The molecule has 21 heavy (non-hydrogen) atoms. The van der Waals surface area contributed by atoms with Crippen LogP contribution < -0.4 is 61.8 Å². The molecule has 0 aromatic rings. The van der Waals surface area contributed by atoms with E-state index in [9.17, 15) is 14.7 Å². The Bertz CT molecular complexity index is 370. The van der Waals surface area contributed by atoms with Crippen LogP contribution in [-0.2, 0) is 14.3 Å². The average molecular weight is 323 g/mol. The molecule has 7 heteroatoms. The van der Waals surface area contributed by atoms with Crippen molar-refractivity contribution in [2.45, 2.75) is 57.1 Å². The monoisotopic (exact) mass is 323 g/mol. The largest absolute Gasteiger partial charge is 1.00 e. The summed E-state index contributed by atoms with van der Waals surface area (Å²) in [5.74, 6) is -1.56. The predicted molar refractivity (Wildman–Crippen MR) is 68.5 cm³/mol. The molecule has 1 unspecified atom stereocenters. The van der Waals surface area contributed by atoms with E-state index in [1.54, 1.807) is 0 Å². The number of carbonyl (C=O) groups is 2. The van der Waals surface area contributed by atoms with Gasteiger partial charge in [0, 0.05) is 12.4 Å². The van der Waals surface area contributed by atoms with Gasteiger partial charge in [0.2, 0.25) is 5.91 Å². The van der Waals surface area contributed by atoms with E-state index in [0.717, 1.165) is 13.0 Å². The van der Waals surface area contributed by atoms with Crippen molar-refractivity contribution >= 4 is 11.9 Å². The third-order valence-electron chi connectivity index (χ3n) is 4.36. The molecule has 114 valence electrons. The SMILES string of the molecule is O=C([O-])C[C@@H](CO)NC(=O)CC1CC2(CCCC2)CO1.[K+]. The van der Waals surface area contributed by atoms with Gasteiger partial charge >= 0.3 is 51.4 Å². The summed E-state index contributed by atoms with van der Waals surface area (Å²) < 4.78 is 5.71. The molecule has 2 atom stereocenters. The summed E-state index contributed by atoms with van der Waals surface area (Å²) in [6.07, 6.45) is 5.49. The van der Waals surface area contributed by atoms with Gasteiger partial charge < -0.3 is 25.1 Å². The molecular formula is C14H22KNO5. The van der Waals surface area contributed by atoms with Crippen molar-refractivity contribution in [1.82, 2.24) is 5.32 Å². The van der Waals surface area contributed by atoms with Crippen molar-refractivity contribution in [3.8, 4) is 0 Å². The van der Waals surface area contributed by atoms with Crippen LogP contribution in [0.1, 0.15) is 44.9 Å². The Balaban J connectivity index is 0.00000220. The number of rotatable bonds is 6. The van der Waals surface area contributed by atoms with Gasteiger partial charge in [-0.3, -0.25) is 4.79 Å². The quantitative estimate of drug-likeness (QED) is 0.491. The van der Waals surface area contributed by atoms with E-state index in [1.807, 2.05) is 0 Å². The summed E-state index contributed by atoms with van der Waals surface area (Å²) in [4.78, 5) is 22.3. The van der Waals surface area contributed by atoms with E-state index >= 15 is 0 Å². The Morgan fingerprint density at radius 3 is 2.62 bits per heavy atom. The first-order chi connectivity index (χ1) is 9.53. The Hall–Kier alpha value is 0.496. The standard InChI is InChI=1S/C14H23NO5.K/c16-8-10(5-13(18)19)15-12(17)6-11-7-14(9-20-11)3-1-2-4-14;/h10-11,16H,1-9H2,(H,15,17)(H,18,19);/q;+1/p-1/t10-,11?;/m0./s1. The minimum atomic E-state index is -1.29. The summed E-state index contributed by atoms with van der Waals surface area (Å²) in [7, 11) is 0. The molecule has 1 aliphatic carbocycles. The number of carbonyl (C=O) groups excluding carboxylic acids is 2. The first-order valence-electron chi connectivity index (χ1n) is 7.25. The zero-order valence-electron chi connectivity index (χ0n) is 12.6. The number of carboxylic acids is 1. The molecule has 2 aliphatic rings. The van der Waals surface area contributed by atoms with Crippen molar-refractivity contribution < 1.29 is 75.9 Å². The van der Waals surface area contributed by atoms with Gasteiger partial charge in [0.25, 0.3) is 0 Å². The van der Waals surface area contributed by atoms with Crippen LogP contribution >= 0.6 is 0 Å². The number of hydrogen-bond acceptors (Lipinski definition) is 5. The molecule has 1 saturated carbocycles. The summed E-state index contributed by atoms with van der Waals surface area (Å²) in [6, 6.07) is -0.783. The van der Waals surface area contributed by atoms with Crippen LogP contribution in [0.2, 0.25) is 0 Å². The normalized spacial score (nSPS) is 24.5. The third-order valence-corrected chi connectivity index (χ3v) is 4.36. The molecule has 0 aromatic carbocycles. The minimum absolute atomic E-state index is 0. The van der Waals surface area contributed by atoms with Crippen molar-refractivity contribution in [3.63, 3.8) is 0 Å². The number of aliphatic hydroxyl groups excluding tert-OH is 1. The van der Waals surface area contributed by atoms with E-state index in [0.29, 0.717) is 0 Å². The maximum atomic E-state index is 11.8. The van der Waals surface area contributed by atoms with Gasteiger partial charge in [-0.15, -0.1) is 0 Å². The van der Waals surface area contributed by atoms with Crippen LogP contribution in [0.25, 0.3) is 0 Å². The molecule has 1 amide bonds. The fourth-order valence-corrected chi connectivity index (χ4v) is 3.36. The number of hydrogen-bond donors (Lipinski definition) is 2. The average Bonchev–Trinajstić information content (AvgIpc) is 2.99. The Kier molecular flexibility index (Phi) is 8.33. The number of aliphatic hydroxyl groups is 1. The van der Waals surface area contributed by atoms with Crippen LogP contribution in [0.15, 0.2) is 0 Å². The maximum absolute atomic E-state index is 11.8.